The second kappa shape index (κ2) is 11.9. The van der Waals surface area contributed by atoms with Crippen LogP contribution in [0, 0.1) is 6.92 Å². The number of carbonyl (C=O) groups excluding carboxylic acids is 1. The van der Waals surface area contributed by atoms with Gasteiger partial charge in [0.2, 0.25) is 0 Å². The van der Waals surface area contributed by atoms with E-state index in [9.17, 15) is 4.79 Å². The summed E-state index contributed by atoms with van der Waals surface area (Å²) < 4.78 is 5.28. The SMILES string of the molecule is CCNC(=NCCc1ccco1)NCCNC(=O)c1scnc1C.I. The van der Waals surface area contributed by atoms with Crippen LogP contribution in [-0.4, -0.2) is 43.0 Å². The number of carbonyl (C=O) groups is 1. The standard InChI is InChI=1S/C16H23N5O2S.HI/c1-3-17-16(19-7-6-13-5-4-10-23-13)20-9-8-18-15(22)14-12(2)21-11-24-14;/h4-5,10-11H,3,6-9H2,1-2H3,(H,18,22)(H2,17,19,20);1H. The van der Waals surface area contributed by atoms with Crippen molar-refractivity contribution >= 4 is 47.2 Å². The monoisotopic (exact) mass is 477 g/mol. The summed E-state index contributed by atoms with van der Waals surface area (Å²) in [6, 6.07) is 3.81. The summed E-state index contributed by atoms with van der Waals surface area (Å²) in [4.78, 5) is 21.2. The van der Waals surface area contributed by atoms with Gasteiger partial charge in [0.25, 0.3) is 5.91 Å². The fourth-order valence-corrected chi connectivity index (χ4v) is 2.75. The molecule has 7 nitrogen and oxygen atoms in total. The molecule has 0 aromatic carbocycles. The number of hydrogen-bond donors (Lipinski definition) is 3. The number of aryl methyl sites for hydroxylation is 1. The molecule has 2 heterocycles. The molecule has 0 unspecified atom stereocenters. The normalized spacial score (nSPS) is 10.9. The summed E-state index contributed by atoms with van der Waals surface area (Å²) in [6.45, 7) is 6.36. The van der Waals surface area contributed by atoms with E-state index in [0.29, 0.717) is 24.5 Å². The van der Waals surface area contributed by atoms with Crippen LogP contribution in [0.1, 0.15) is 28.0 Å². The molecule has 2 aromatic heterocycles. The number of nitrogens with one attached hydrogen (secondary N) is 3. The summed E-state index contributed by atoms with van der Waals surface area (Å²) in [5.41, 5.74) is 2.44. The van der Waals surface area contributed by atoms with E-state index in [4.69, 9.17) is 4.42 Å². The van der Waals surface area contributed by atoms with Gasteiger partial charge in [-0.25, -0.2) is 4.98 Å². The zero-order chi connectivity index (χ0) is 17.2. The highest BCUT2D eigenvalue weighted by atomic mass is 127. The first-order valence-corrected chi connectivity index (χ1v) is 8.81. The van der Waals surface area contributed by atoms with Gasteiger partial charge in [-0.05, 0) is 26.0 Å². The molecule has 0 aliphatic rings. The van der Waals surface area contributed by atoms with Crippen molar-refractivity contribution in [3.8, 4) is 0 Å². The second-order valence-electron chi connectivity index (χ2n) is 5.04. The average Bonchev–Trinajstić information content (AvgIpc) is 3.22. The van der Waals surface area contributed by atoms with Gasteiger partial charge >= 0.3 is 0 Å². The maximum absolute atomic E-state index is 12.0. The molecule has 2 aromatic rings. The highest BCUT2D eigenvalue weighted by molar-refractivity contribution is 14.0. The van der Waals surface area contributed by atoms with Crippen molar-refractivity contribution in [1.82, 2.24) is 20.9 Å². The summed E-state index contributed by atoms with van der Waals surface area (Å²) in [5, 5.41) is 9.25. The average molecular weight is 477 g/mol. The molecule has 0 bridgehead atoms. The molecule has 2 rings (SSSR count). The van der Waals surface area contributed by atoms with Crippen LogP contribution in [0.25, 0.3) is 0 Å². The second-order valence-corrected chi connectivity index (χ2v) is 5.89. The third-order valence-electron chi connectivity index (χ3n) is 3.21. The lowest BCUT2D eigenvalue weighted by Gasteiger charge is -2.11. The number of amides is 1. The molecule has 0 atom stereocenters. The minimum absolute atomic E-state index is 0. The molecule has 3 N–H and O–H groups in total. The van der Waals surface area contributed by atoms with E-state index in [-0.39, 0.29) is 29.9 Å². The summed E-state index contributed by atoms with van der Waals surface area (Å²) in [7, 11) is 0. The highest BCUT2D eigenvalue weighted by Gasteiger charge is 2.10. The van der Waals surface area contributed by atoms with Crippen molar-refractivity contribution in [2.24, 2.45) is 4.99 Å². The van der Waals surface area contributed by atoms with Crippen LogP contribution in [0.4, 0.5) is 0 Å². The number of halogens is 1. The number of guanidine groups is 1. The topological polar surface area (TPSA) is 91.5 Å². The van der Waals surface area contributed by atoms with Crippen LogP contribution in [-0.2, 0) is 6.42 Å². The molecule has 25 heavy (non-hydrogen) atoms. The number of nitrogens with zero attached hydrogens (tertiary/aromatic N) is 2. The molecule has 0 spiro atoms. The van der Waals surface area contributed by atoms with Gasteiger partial charge in [0.05, 0.1) is 17.5 Å². The fourth-order valence-electron chi connectivity index (χ4n) is 2.03. The molecule has 0 saturated carbocycles. The van der Waals surface area contributed by atoms with E-state index in [1.54, 1.807) is 11.8 Å². The Morgan fingerprint density at radius 1 is 1.32 bits per heavy atom. The van der Waals surface area contributed by atoms with Crippen LogP contribution < -0.4 is 16.0 Å². The maximum Gasteiger partial charge on any atom is 0.263 e. The number of thiazole rings is 1. The number of furan rings is 1. The lowest BCUT2D eigenvalue weighted by molar-refractivity contribution is 0.0957. The van der Waals surface area contributed by atoms with Crippen molar-refractivity contribution < 1.29 is 9.21 Å². The van der Waals surface area contributed by atoms with E-state index in [1.165, 1.54) is 11.3 Å². The molecule has 0 aliphatic carbocycles. The molecule has 0 aliphatic heterocycles. The first-order valence-electron chi connectivity index (χ1n) is 7.93. The Morgan fingerprint density at radius 3 is 2.76 bits per heavy atom. The van der Waals surface area contributed by atoms with E-state index >= 15 is 0 Å². The zero-order valence-corrected chi connectivity index (χ0v) is 17.5. The Labute approximate surface area is 168 Å². The molecular formula is C16H24IN5O2S. The van der Waals surface area contributed by atoms with Gasteiger partial charge in [0.1, 0.15) is 10.6 Å². The van der Waals surface area contributed by atoms with E-state index in [2.05, 4.69) is 25.9 Å². The minimum atomic E-state index is -0.0865. The summed E-state index contributed by atoms with van der Waals surface area (Å²) in [6.07, 6.45) is 2.42. The van der Waals surface area contributed by atoms with Gasteiger partial charge in [0.15, 0.2) is 5.96 Å². The molecule has 0 radical (unpaired) electrons. The predicted molar refractivity (Wildman–Crippen MR) is 111 cm³/mol. The van der Waals surface area contributed by atoms with Crippen LogP contribution in [0.3, 0.4) is 0 Å². The highest BCUT2D eigenvalue weighted by Crippen LogP contribution is 2.11. The minimum Gasteiger partial charge on any atom is -0.469 e. The van der Waals surface area contributed by atoms with Crippen molar-refractivity contribution in [3.05, 3.63) is 40.2 Å². The Kier molecular flexibility index (Phi) is 10.2. The molecule has 9 heteroatoms. The van der Waals surface area contributed by atoms with Crippen molar-refractivity contribution in [2.45, 2.75) is 20.3 Å². The Bertz CT molecular complexity index is 657. The van der Waals surface area contributed by atoms with Crippen LogP contribution in [0.15, 0.2) is 33.3 Å². The van der Waals surface area contributed by atoms with E-state index < -0.39 is 0 Å². The number of rotatable bonds is 8. The van der Waals surface area contributed by atoms with Crippen molar-refractivity contribution in [3.63, 3.8) is 0 Å². The lowest BCUT2D eigenvalue weighted by Crippen LogP contribution is -2.41. The Balaban J connectivity index is 0.00000312. The largest absolute Gasteiger partial charge is 0.469 e. The Morgan fingerprint density at radius 2 is 2.12 bits per heavy atom. The van der Waals surface area contributed by atoms with Gasteiger partial charge in [-0.15, -0.1) is 35.3 Å². The molecule has 138 valence electrons. The summed E-state index contributed by atoms with van der Waals surface area (Å²) in [5.74, 6) is 1.56. The van der Waals surface area contributed by atoms with Crippen molar-refractivity contribution in [1.29, 1.82) is 0 Å². The lowest BCUT2D eigenvalue weighted by atomic mass is 10.3. The molecule has 1 amide bonds. The van der Waals surface area contributed by atoms with Crippen LogP contribution in [0.2, 0.25) is 0 Å². The number of hydrogen-bond acceptors (Lipinski definition) is 5. The van der Waals surface area contributed by atoms with Gasteiger partial charge in [-0.3, -0.25) is 9.79 Å². The van der Waals surface area contributed by atoms with E-state index in [1.807, 2.05) is 26.0 Å². The maximum atomic E-state index is 12.0. The third kappa shape index (κ3) is 7.43. The smallest absolute Gasteiger partial charge is 0.263 e. The molecule has 0 fully saturated rings. The van der Waals surface area contributed by atoms with Crippen LogP contribution >= 0.6 is 35.3 Å². The third-order valence-corrected chi connectivity index (χ3v) is 4.13. The van der Waals surface area contributed by atoms with Crippen molar-refractivity contribution in [2.75, 3.05) is 26.2 Å². The zero-order valence-electron chi connectivity index (χ0n) is 14.4. The van der Waals surface area contributed by atoms with Gasteiger partial charge in [-0.1, -0.05) is 0 Å². The molecular weight excluding hydrogens is 453 g/mol. The predicted octanol–water partition coefficient (Wildman–Crippen LogP) is 2.19. The summed E-state index contributed by atoms with van der Waals surface area (Å²) >= 11 is 1.35. The van der Waals surface area contributed by atoms with Gasteiger partial charge < -0.3 is 20.4 Å². The fraction of sp³-hybridized carbons (Fsp3) is 0.438. The number of aliphatic imine (C=N–C) groups is 1. The molecule has 0 saturated heterocycles. The van der Waals surface area contributed by atoms with Crippen LogP contribution in [0.5, 0.6) is 0 Å². The first-order chi connectivity index (χ1) is 11.7. The van der Waals surface area contributed by atoms with E-state index in [0.717, 1.165) is 30.4 Å². The van der Waals surface area contributed by atoms with Gasteiger partial charge in [0, 0.05) is 32.6 Å². The Hall–Kier alpha value is -1.62. The first kappa shape index (κ1) is 21.4. The van der Waals surface area contributed by atoms with Gasteiger partial charge in [-0.2, -0.15) is 0 Å². The number of aromatic nitrogens is 1. The quantitative estimate of drug-likeness (QED) is 0.235.